The van der Waals surface area contributed by atoms with Gasteiger partial charge >= 0.3 is 11.9 Å². The smallest absolute Gasteiger partial charge is 0.336 e. The van der Waals surface area contributed by atoms with Crippen LogP contribution < -0.4 is 0 Å². The first kappa shape index (κ1) is 19.3. The third-order valence-corrected chi connectivity index (χ3v) is 3.78. The van der Waals surface area contributed by atoms with E-state index in [9.17, 15) is 24.0 Å². The van der Waals surface area contributed by atoms with Gasteiger partial charge in [-0.2, -0.15) is 0 Å². The largest absolute Gasteiger partial charge is 0.450 e. The summed E-state index contributed by atoms with van der Waals surface area (Å²) in [4.78, 5) is 63.7. The van der Waals surface area contributed by atoms with Gasteiger partial charge in [0.2, 0.25) is 0 Å². The molecule has 8 nitrogen and oxygen atoms in total. The zero-order valence-electron chi connectivity index (χ0n) is 14.5. The fourth-order valence-corrected chi connectivity index (χ4v) is 2.44. The second-order valence-corrected chi connectivity index (χ2v) is 5.96. The Morgan fingerprint density at radius 3 is 2.19 bits per heavy atom. The first-order valence-electron chi connectivity index (χ1n) is 8.12. The Balaban J connectivity index is 2.03. The maximum atomic E-state index is 12.5. The number of Topliss-reactive ketones (excluding diaryl/α,β-unsaturated/α-hetero) is 1. The van der Waals surface area contributed by atoms with Gasteiger partial charge in [-0.25, -0.2) is 4.79 Å². The molecule has 138 valence electrons. The molecule has 1 aromatic carbocycles. The van der Waals surface area contributed by atoms with E-state index in [0.717, 1.165) is 0 Å². The van der Waals surface area contributed by atoms with E-state index in [1.165, 1.54) is 13.8 Å². The number of ketones is 1. The minimum absolute atomic E-state index is 0.0119. The third kappa shape index (κ3) is 4.75. The van der Waals surface area contributed by atoms with Gasteiger partial charge in [-0.3, -0.25) is 19.2 Å². The lowest BCUT2D eigenvalue weighted by molar-refractivity contribution is -0.200. The zero-order chi connectivity index (χ0) is 19.3. The molecule has 2 amide bonds. The number of esters is 1. The number of ether oxygens (including phenoxy) is 1. The lowest BCUT2D eigenvalue weighted by Crippen LogP contribution is -2.35. The van der Waals surface area contributed by atoms with Crippen LogP contribution in [0.2, 0.25) is 0 Å². The van der Waals surface area contributed by atoms with Gasteiger partial charge in [-0.05, 0) is 5.56 Å². The van der Waals surface area contributed by atoms with Crippen molar-refractivity contribution in [2.24, 2.45) is 5.92 Å². The van der Waals surface area contributed by atoms with Crippen LogP contribution in [0, 0.1) is 5.92 Å². The van der Waals surface area contributed by atoms with E-state index >= 15 is 0 Å². The molecular weight excluding hydrogens is 342 g/mol. The molecular formula is C18H19NO7. The van der Waals surface area contributed by atoms with Gasteiger partial charge in [0, 0.05) is 26.2 Å². The van der Waals surface area contributed by atoms with Crippen molar-refractivity contribution in [1.29, 1.82) is 0 Å². The monoisotopic (exact) mass is 361 g/mol. The molecule has 1 aromatic rings. The summed E-state index contributed by atoms with van der Waals surface area (Å²) in [6, 6.07) is 8.41. The van der Waals surface area contributed by atoms with Gasteiger partial charge in [0.25, 0.3) is 11.8 Å². The molecule has 0 unspecified atom stereocenters. The lowest BCUT2D eigenvalue weighted by Gasteiger charge is -2.19. The van der Waals surface area contributed by atoms with Crippen LogP contribution in [0.1, 0.15) is 44.8 Å². The number of rotatable bonds is 7. The molecule has 0 spiro atoms. The molecule has 1 saturated heterocycles. The summed E-state index contributed by atoms with van der Waals surface area (Å²) >= 11 is 0. The molecule has 1 fully saturated rings. The van der Waals surface area contributed by atoms with Crippen LogP contribution in [-0.4, -0.2) is 34.6 Å². The van der Waals surface area contributed by atoms with Gasteiger partial charge in [-0.15, -0.1) is 5.06 Å². The number of hydrogen-bond donors (Lipinski definition) is 0. The molecule has 2 atom stereocenters. The molecule has 0 saturated carbocycles. The molecule has 1 heterocycles. The van der Waals surface area contributed by atoms with Gasteiger partial charge in [-0.1, -0.05) is 37.3 Å². The van der Waals surface area contributed by atoms with Crippen LogP contribution >= 0.6 is 0 Å². The van der Waals surface area contributed by atoms with Crippen LogP contribution in [-0.2, 0) is 33.5 Å². The van der Waals surface area contributed by atoms with E-state index in [4.69, 9.17) is 9.57 Å². The van der Waals surface area contributed by atoms with E-state index in [1.807, 2.05) is 0 Å². The number of carbonyl (C=O) groups is 5. The van der Waals surface area contributed by atoms with Crippen molar-refractivity contribution < 1.29 is 33.5 Å². The Labute approximate surface area is 150 Å². The fourth-order valence-electron chi connectivity index (χ4n) is 2.44. The van der Waals surface area contributed by atoms with Crippen molar-refractivity contribution in [3.63, 3.8) is 0 Å². The number of nitrogens with zero attached hydrogens (tertiary/aromatic N) is 1. The number of carbonyl (C=O) groups excluding carboxylic acids is 5. The number of benzene rings is 1. The van der Waals surface area contributed by atoms with Crippen molar-refractivity contribution in [2.75, 3.05) is 0 Å². The highest BCUT2D eigenvalue weighted by molar-refractivity contribution is 6.01. The average molecular weight is 361 g/mol. The Morgan fingerprint density at radius 2 is 1.65 bits per heavy atom. The van der Waals surface area contributed by atoms with Gasteiger partial charge in [0.05, 0.1) is 5.92 Å². The summed E-state index contributed by atoms with van der Waals surface area (Å²) in [5, 5.41) is 0.435. The highest BCUT2D eigenvalue weighted by Crippen LogP contribution is 2.23. The molecule has 0 radical (unpaired) electrons. The highest BCUT2D eigenvalue weighted by atomic mass is 16.7. The van der Waals surface area contributed by atoms with Gasteiger partial charge in [0.15, 0.2) is 11.9 Å². The van der Waals surface area contributed by atoms with E-state index < -0.39 is 41.6 Å². The number of imide groups is 1. The minimum atomic E-state index is -1.14. The number of amides is 2. The molecule has 0 aliphatic carbocycles. The van der Waals surface area contributed by atoms with Gasteiger partial charge < -0.3 is 9.57 Å². The van der Waals surface area contributed by atoms with Crippen LogP contribution in [0.25, 0.3) is 0 Å². The first-order chi connectivity index (χ1) is 12.3. The Bertz CT molecular complexity index is 712. The lowest BCUT2D eigenvalue weighted by atomic mass is 9.97. The minimum Gasteiger partial charge on any atom is -0.450 e. The predicted octanol–water partition coefficient (Wildman–Crippen LogP) is 1.49. The molecule has 2 rings (SSSR count). The Morgan fingerprint density at radius 1 is 1.08 bits per heavy atom. The maximum absolute atomic E-state index is 12.5. The summed E-state index contributed by atoms with van der Waals surface area (Å²) in [6.07, 6.45) is -1.44. The summed E-state index contributed by atoms with van der Waals surface area (Å²) in [5.74, 6) is -4.11. The van der Waals surface area contributed by atoms with Crippen molar-refractivity contribution in [1.82, 2.24) is 5.06 Å². The molecule has 1 aliphatic heterocycles. The molecule has 8 heteroatoms. The van der Waals surface area contributed by atoms with Crippen molar-refractivity contribution in [3.8, 4) is 0 Å². The van der Waals surface area contributed by atoms with Crippen molar-refractivity contribution >= 4 is 29.5 Å². The summed E-state index contributed by atoms with van der Waals surface area (Å²) < 4.78 is 5.09. The maximum Gasteiger partial charge on any atom is 0.336 e. The van der Waals surface area contributed by atoms with Crippen LogP contribution in [0.15, 0.2) is 30.3 Å². The van der Waals surface area contributed by atoms with E-state index in [1.54, 1.807) is 30.3 Å². The van der Waals surface area contributed by atoms with E-state index in [2.05, 4.69) is 0 Å². The highest BCUT2D eigenvalue weighted by Gasteiger charge is 2.35. The third-order valence-electron chi connectivity index (χ3n) is 3.78. The first-order valence-corrected chi connectivity index (χ1v) is 8.12. The molecule has 0 bridgehead atoms. The van der Waals surface area contributed by atoms with Crippen LogP contribution in [0.5, 0.6) is 0 Å². The second-order valence-electron chi connectivity index (χ2n) is 5.96. The summed E-state index contributed by atoms with van der Waals surface area (Å²) in [7, 11) is 0. The normalized spacial score (nSPS) is 16.2. The van der Waals surface area contributed by atoms with E-state index in [0.29, 0.717) is 10.6 Å². The predicted molar refractivity (Wildman–Crippen MR) is 86.9 cm³/mol. The average Bonchev–Trinajstić information content (AvgIpc) is 2.92. The van der Waals surface area contributed by atoms with Crippen LogP contribution in [0.4, 0.5) is 0 Å². The van der Waals surface area contributed by atoms with Crippen molar-refractivity contribution in [2.45, 2.75) is 39.2 Å². The molecule has 0 N–H and O–H groups in total. The Kier molecular flexibility index (Phi) is 6.21. The standard InChI is InChI=1S/C18H19NO7/c1-11(18(24)26-19-15(22)8-9-16(19)23)10-14(21)17(25-12(2)20)13-6-4-3-5-7-13/h3-7,11,17H,8-10H2,1-2H3/t11-,17+/m1/s1. The van der Waals surface area contributed by atoms with E-state index in [-0.39, 0.29) is 19.3 Å². The van der Waals surface area contributed by atoms with Crippen molar-refractivity contribution in [3.05, 3.63) is 35.9 Å². The molecule has 1 aliphatic rings. The summed E-state index contributed by atoms with van der Waals surface area (Å²) in [5.41, 5.74) is 0.484. The van der Waals surface area contributed by atoms with Crippen LogP contribution in [0.3, 0.4) is 0 Å². The SMILES string of the molecule is CC(=O)O[C@H](C(=O)C[C@@H](C)C(=O)ON1C(=O)CCC1=O)c1ccccc1. The topological polar surface area (TPSA) is 107 Å². The Hall–Kier alpha value is -3.03. The molecule has 0 aromatic heterocycles. The van der Waals surface area contributed by atoms with Gasteiger partial charge in [0.1, 0.15) is 0 Å². The fraction of sp³-hybridized carbons (Fsp3) is 0.389. The molecule has 26 heavy (non-hydrogen) atoms. The summed E-state index contributed by atoms with van der Waals surface area (Å²) in [6.45, 7) is 2.62. The second kappa shape index (κ2) is 8.37. The zero-order valence-corrected chi connectivity index (χ0v) is 14.5. The number of hydrogen-bond acceptors (Lipinski definition) is 7. The quantitative estimate of drug-likeness (QED) is 0.535. The number of hydroxylamine groups is 2.